The van der Waals surface area contributed by atoms with Gasteiger partial charge in [-0.25, -0.2) is 18.5 Å². The van der Waals surface area contributed by atoms with Gasteiger partial charge in [0, 0.05) is 47.8 Å². The van der Waals surface area contributed by atoms with E-state index in [0.29, 0.717) is 31.0 Å². The number of nitrogens with zero attached hydrogens (tertiary/aromatic N) is 5. The summed E-state index contributed by atoms with van der Waals surface area (Å²) in [6.45, 7) is 14.9. The van der Waals surface area contributed by atoms with Crippen LogP contribution in [-0.2, 0) is 23.7 Å². The first-order valence-electron chi connectivity index (χ1n) is 21.6. The third-order valence-electron chi connectivity index (χ3n) is 11.1. The van der Waals surface area contributed by atoms with E-state index in [9.17, 15) is 14.0 Å². The molecule has 2 aromatic carbocycles. The maximum absolute atomic E-state index is 13.7. The van der Waals surface area contributed by atoms with Crippen LogP contribution >= 0.6 is 31.9 Å². The van der Waals surface area contributed by atoms with Crippen molar-refractivity contribution in [2.45, 2.75) is 129 Å². The third-order valence-corrected chi connectivity index (χ3v) is 12.0. The number of benzene rings is 2. The van der Waals surface area contributed by atoms with Gasteiger partial charge >= 0.3 is 12.1 Å². The molecule has 3 saturated heterocycles. The summed E-state index contributed by atoms with van der Waals surface area (Å²) in [6.07, 6.45) is 13.0. The molecule has 0 spiro atoms. The summed E-state index contributed by atoms with van der Waals surface area (Å²) in [5.74, 6) is 1.03. The van der Waals surface area contributed by atoms with Crippen molar-refractivity contribution in [3.63, 3.8) is 0 Å². The molecule has 2 aromatic heterocycles. The largest absolute Gasteiger partial charge is 0.492 e. The number of carbonyl (C=O) groups is 2. The number of fused-ring (bicyclic) bond motifs is 2. The molecule has 0 radical (unpaired) electrons. The van der Waals surface area contributed by atoms with Crippen molar-refractivity contribution < 1.29 is 42.8 Å². The summed E-state index contributed by atoms with van der Waals surface area (Å²) >= 11 is 6.91. The predicted molar refractivity (Wildman–Crippen MR) is 238 cm³/mol. The molecule has 336 valence electrons. The van der Waals surface area contributed by atoms with E-state index in [4.69, 9.17) is 28.8 Å². The first-order valence-corrected chi connectivity index (χ1v) is 23.2. The molecule has 1 saturated carbocycles. The van der Waals surface area contributed by atoms with Gasteiger partial charge in [0.05, 0.1) is 46.7 Å². The van der Waals surface area contributed by atoms with Gasteiger partial charge in [0.1, 0.15) is 22.8 Å². The van der Waals surface area contributed by atoms with E-state index in [1.54, 1.807) is 15.8 Å². The van der Waals surface area contributed by atoms with Crippen molar-refractivity contribution in [2.75, 3.05) is 39.5 Å². The number of aliphatic hydroxyl groups excluding tert-OH is 1. The zero-order chi connectivity index (χ0) is 43.9. The van der Waals surface area contributed by atoms with Gasteiger partial charge in [-0.2, -0.15) is 10.2 Å². The Kier molecular flexibility index (Phi) is 16.2. The lowest BCUT2D eigenvalue weighted by atomic mass is 10.1. The molecular weight excluding hydrogens is 917 g/mol. The summed E-state index contributed by atoms with van der Waals surface area (Å²) in [4.78, 5) is 25.7. The minimum absolute atomic E-state index is 0.00590. The summed E-state index contributed by atoms with van der Waals surface area (Å²) in [5.41, 5.74) is 0.918. The normalized spacial score (nSPS) is 23.2. The van der Waals surface area contributed by atoms with Crippen molar-refractivity contribution in [3.8, 4) is 5.75 Å². The quantitative estimate of drug-likeness (QED) is 0.178. The maximum Gasteiger partial charge on any atom is 0.410 e. The first kappa shape index (κ1) is 47.2. The Labute approximate surface area is 375 Å². The van der Waals surface area contributed by atoms with Crippen molar-refractivity contribution in [1.82, 2.24) is 24.5 Å². The lowest BCUT2D eigenvalue weighted by Gasteiger charge is -2.24. The molecule has 4 aliphatic rings. The first-order chi connectivity index (χ1) is 29.0. The summed E-state index contributed by atoms with van der Waals surface area (Å²) in [6, 6.07) is 7.38. The highest BCUT2D eigenvalue weighted by atomic mass is 79.9. The molecule has 5 atom stereocenters. The van der Waals surface area contributed by atoms with Crippen LogP contribution in [0.25, 0.3) is 21.8 Å². The molecule has 3 aliphatic heterocycles. The molecule has 0 bridgehead atoms. The highest BCUT2D eigenvalue weighted by Gasteiger charge is 2.33. The van der Waals surface area contributed by atoms with Crippen molar-refractivity contribution in [1.29, 1.82) is 0 Å². The fraction of sp³-hybridized carbons (Fsp3) is 0.644. The van der Waals surface area contributed by atoms with Gasteiger partial charge in [-0.3, -0.25) is 4.79 Å². The lowest BCUT2D eigenvalue weighted by Crippen LogP contribution is -2.35. The second kappa shape index (κ2) is 20.9. The van der Waals surface area contributed by atoms with Crippen LogP contribution < -0.4 is 4.74 Å². The number of rotatable bonds is 7. The number of hydrogen-bond donors (Lipinski definition) is 1. The molecule has 5 heterocycles. The second-order valence-corrected chi connectivity index (χ2v) is 20.3. The van der Waals surface area contributed by atoms with E-state index in [0.717, 1.165) is 109 Å². The highest BCUT2D eigenvalue weighted by molar-refractivity contribution is 9.10. The molecule has 61 heavy (non-hydrogen) atoms. The Morgan fingerprint density at radius 3 is 1.93 bits per heavy atom. The molecule has 1 N–H and O–H groups in total. The van der Waals surface area contributed by atoms with Crippen molar-refractivity contribution in [3.05, 3.63) is 51.4 Å². The highest BCUT2D eigenvalue weighted by Crippen LogP contribution is 2.35. The van der Waals surface area contributed by atoms with Crippen LogP contribution in [0.4, 0.5) is 9.18 Å². The zero-order valence-corrected chi connectivity index (χ0v) is 39.5. The minimum atomic E-state index is -0.476. The molecule has 4 fully saturated rings. The lowest BCUT2D eigenvalue weighted by molar-refractivity contribution is -0.159. The van der Waals surface area contributed by atoms with Gasteiger partial charge in [0.2, 0.25) is 0 Å². The smallest absolute Gasteiger partial charge is 0.410 e. The monoisotopic (exact) mass is 977 g/mol. The van der Waals surface area contributed by atoms with Crippen molar-refractivity contribution >= 4 is 65.7 Å². The van der Waals surface area contributed by atoms with Crippen LogP contribution in [0, 0.1) is 23.6 Å². The number of aromatic nitrogens is 4. The zero-order valence-electron chi connectivity index (χ0n) is 36.3. The van der Waals surface area contributed by atoms with E-state index in [-0.39, 0.29) is 48.8 Å². The molecular formula is C45H62Br2FN5O8. The fourth-order valence-corrected chi connectivity index (χ4v) is 8.91. The third kappa shape index (κ3) is 13.1. The van der Waals surface area contributed by atoms with Crippen LogP contribution in [0.2, 0.25) is 0 Å². The number of carbonyl (C=O) groups excluding carboxylic acids is 2. The van der Waals surface area contributed by atoms with Gasteiger partial charge in [0.15, 0.2) is 12.5 Å². The molecule has 3 unspecified atom stereocenters. The average Bonchev–Trinajstić information content (AvgIpc) is 4.03. The maximum atomic E-state index is 13.7. The van der Waals surface area contributed by atoms with E-state index >= 15 is 0 Å². The summed E-state index contributed by atoms with van der Waals surface area (Å²) in [7, 11) is 0. The van der Waals surface area contributed by atoms with Crippen molar-refractivity contribution in [2.24, 2.45) is 17.8 Å². The minimum Gasteiger partial charge on any atom is -0.492 e. The Bertz CT molecular complexity index is 2090. The number of hydrogen-bond acceptors (Lipinski definition) is 10. The van der Waals surface area contributed by atoms with Crippen LogP contribution in [0.15, 0.2) is 45.6 Å². The van der Waals surface area contributed by atoms with Gasteiger partial charge in [-0.05, 0) is 136 Å². The average molecular weight is 980 g/mol. The van der Waals surface area contributed by atoms with Gasteiger partial charge in [-0.1, -0.05) is 31.9 Å². The molecule has 16 heteroatoms. The standard InChI is InChI=1S/C22H30BrN3O4.C12H12BrFN2O.C11H20O3/c1-22(2,3)30-21(27)25-8-7-15(13-25)14-29-19-11-16(23)10-18-17(19)12-24-26(18)20-6-4-5-9-28-20;13-8-5-10(14)9-7-15-16(11(9)6-8)12-3-1-2-4-17-12;1-11(2,3)14-10(13)9-5-4-8(6-9)7-12/h10-12,15,20H,4-9,13-14H2,1-3H3;5-7,12H,1-4H2;8-9,12H,4-7H2,1-3H3/t15-,20?;;8-,9?/m0.0/s1. The molecule has 8 rings (SSSR count). The summed E-state index contributed by atoms with van der Waals surface area (Å²) in [5, 5.41) is 19.3. The Balaban J connectivity index is 0.000000169. The molecule has 1 aliphatic carbocycles. The summed E-state index contributed by atoms with van der Waals surface area (Å²) < 4.78 is 47.7. The number of esters is 1. The molecule has 1 amide bonds. The SMILES string of the molecule is CC(C)(C)OC(=O)C1CC[C@H](CO)C1.CC(C)(C)OC(=O)N1CC[C@H](COc2cc(Br)cc3c2cnn3C2CCCCO2)C1.Fc1cc(Br)cc2c1cnn2C1CCCCO1. The van der Waals surface area contributed by atoms with E-state index in [1.165, 1.54) is 6.07 Å². The van der Waals surface area contributed by atoms with Crippen LogP contribution in [0.1, 0.15) is 118 Å². The Hall–Kier alpha value is -3.31. The Morgan fingerprint density at radius 1 is 0.787 bits per heavy atom. The van der Waals surface area contributed by atoms with Gasteiger partial charge in [0.25, 0.3) is 0 Å². The number of aliphatic hydroxyl groups is 1. The Morgan fingerprint density at radius 2 is 1.38 bits per heavy atom. The predicted octanol–water partition coefficient (Wildman–Crippen LogP) is 10.5. The number of ether oxygens (including phenoxy) is 5. The molecule has 13 nitrogen and oxygen atoms in total. The van der Waals surface area contributed by atoms with Crippen LogP contribution in [0.3, 0.4) is 0 Å². The van der Waals surface area contributed by atoms with E-state index < -0.39 is 11.2 Å². The van der Waals surface area contributed by atoms with Crippen LogP contribution in [0.5, 0.6) is 5.75 Å². The second-order valence-electron chi connectivity index (χ2n) is 18.5. The van der Waals surface area contributed by atoms with Gasteiger partial charge < -0.3 is 33.7 Å². The van der Waals surface area contributed by atoms with E-state index in [2.05, 4.69) is 48.1 Å². The van der Waals surface area contributed by atoms with E-state index in [1.807, 2.05) is 64.6 Å². The topological polar surface area (TPSA) is 139 Å². The number of likely N-dealkylation sites (tertiary alicyclic amines) is 1. The number of halogens is 3. The number of amides is 1. The fourth-order valence-electron chi connectivity index (χ4n) is 8.07. The van der Waals surface area contributed by atoms with Crippen LogP contribution in [-0.4, -0.2) is 92.3 Å². The van der Waals surface area contributed by atoms with Gasteiger partial charge in [-0.15, -0.1) is 0 Å². The molecule has 4 aromatic rings.